The Hall–Kier alpha value is -5.03. The number of fused-ring (bicyclic) bond motifs is 3. The first-order valence-electron chi connectivity index (χ1n) is 16.1. The lowest BCUT2D eigenvalue weighted by molar-refractivity contribution is -0.135. The first kappa shape index (κ1) is 29.7. The number of unbranched alkanes of at least 4 members (excludes halogenated alkanes) is 2. The molecule has 1 atom stereocenters. The van der Waals surface area contributed by atoms with E-state index in [0.29, 0.717) is 29.9 Å². The number of nitrogens with zero attached hydrogens (tertiary/aromatic N) is 6. The van der Waals surface area contributed by atoms with Gasteiger partial charge < -0.3 is 20.3 Å². The first-order chi connectivity index (χ1) is 22.5. The molecule has 2 aliphatic heterocycles. The number of imide groups is 1. The number of aromatic hydroxyl groups is 1. The number of nitrogens with one attached hydrogen (secondary N) is 1. The molecule has 11 heteroatoms. The minimum absolute atomic E-state index is 0.171. The summed E-state index contributed by atoms with van der Waals surface area (Å²) in [6.07, 6.45) is 6.87. The van der Waals surface area contributed by atoms with E-state index in [9.17, 15) is 14.7 Å². The number of phenols is 1. The van der Waals surface area contributed by atoms with Crippen molar-refractivity contribution >= 4 is 45.3 Å². The van der Waals surface area contributed by atoms with Crippen molar-refractivity contribution in [2.75, 3.05) is 43.4 Å². The molecule has 1 unspecified atom stereocenters. The molecule has 3 aromatic heterocycles. The number of aromatic nitrogens is 4. The summed E-state index contributed by atoms with van der Waals surface area (Å²) >= 11 is 0. The zero-order chi connectivity index (χ0) is 31.6. The van der Waals surface area contributed by atoms with Crippen LogP contribution >= 0.6 is 0 Å². The zero-order valence-corrected chi connectivity index (χ0v) is 25.7. The number of nitrogens with two attached hydrogens (primary N) is 1. The van der Waals surface area contributed by atoms with Crippen LogP contribution in [0.3, 0.4) is 0 Å². The lowest BCUT2D eigenvalue weighted by Gasteiger charge is -2.36. The van der Waals surface area contributed by atoms with Crippen LogP contribution in [0.4, 0.5) is 11.5 Å². The van der Waals surface area contributed by atoms with Gasteiger partial charge >= 0.3 is 0 Å². The highest BCUT2D eigenvalue weighted by molar-refractivity contribution is 6.10. The quantitative estimate of drug-likeness (QED) is 0.161. The third-order valence-corrected chi connectivity index (χ3v) is 9.31. The SMILES string of the molecule is Nc1nnc(-c2ccccc2O)cc1N1CCN(CCCCCc2ccnc3c2c2ccccc2n3C2CCC(=O)NC2=O)CC1. The van der Waals surface area contributed by atoms with Gasteiger partial charge in [0, 0.05) is 55.1 Å². The van der Waals surface area contributed by atoms with Crippen molar-refractivity contribution in [2.24, 2.45) is 0 Å². The fraction of sp³-hybridized carbons (Fsp3) is 0.343. The molecular formula is C35H38N8O3. The lowest BCUT2D eigenvalue weighted by atomic mass is 10.0. The maximum atomic E-state index is 12.8. The van der Waals surface area contributed by atoms with Gasteiger partial charge in [-0.15, -0.1) is 10.2 Å². The molecule has 2 aromatic carbocycles. The van der Waals surface area contributed by atoms with Crippen LogP contribution in [0.5, 0.6) is 5.75 Å². The number of hydrogen-bond acceptors (Lipinski definition) is 9. The Balaban J connectivity index is 0.955. The average Bonchev–Trinajstić information content (AvgIpc) is 3.40. The van der Waals surface area contributed by atoms with E-state index >= 15 is 0 Å². The van der Waals surface area contributed by atoms with Gasteiger partial charge in [-0.3, -0.25) is 19.8 Å². The fourth-order valence-electron chi connectivity index (χ4n) is 6.93. The van der Waals surface area contributed by atoms with Crippen molar-refractivity contribution < 1.29 is 14.7 Å². The van der Waals surface area contributed by atoms with Gasteiger partial charge in [0.25, 0.3) is 0 Å². The molecule has 2 amide bonds. The number of carbonyl (C=O) groups excluding carboxylic acids is 2. The van der Waals surface area contributed by atoms with Crippen molar-refractivity contribution in [1.82, 2.24) is 30.0 Å². The fourth-order valence-corrected chi connectivity index (χ4v) is 6.93. The largest absolute Gasteiger partial charge is 0.507 e. The third-order valence-electron chi connectivity index (χ3n) is 9.31. The van der Waals surface area contributed by atoms with Gasteiger partial charge in [0.2, 0.25) is 11.8 Å². The highest BCUT2D eigenvalue weighted by atomic mass is 16.3. The molecule has 0 aliphatic carbocycles. The predicted molar refractivity (Wildman–Crippen MR) is 178 cm³/mol. The number of piperazine rings is 1. The summed E-state index contributed by atoms with van der Waals surface area (Å²) in [7, 11) is 0. The van der Waals surface area contributed by atoms with Crippen LogP contribution in [0, 0.1) is 0 Å². The van der Waals surface area contributed by atoms with E-state index in [-0.39, 0.29) is 17.6 Å². The smallest absolute Gasteiger partial charge is 0.249 e. The summed E-state index contributed by atoms with van der Waals surface area (Å²) in [6.45, 7) is 4.63. The molecule has 46 heavy (non-hydrogen) atoms. The maximum absolute atomic E-state index is 12.8. The number of carbonyl (C=O) groups is 2. The minimum Gasteiger partial charge on any atom is -0.507 e. The molecule has 4 N–H and O–H groups in total. The van der Waals surface area contributed by atoms with E-state index in [4.69, 9.17) is 10.7 Å². The first-order valence-corrected chi connectivity index (χ1v) is 16.1. The van der Waals surface area contributed by atoms with Gasteiger partial charge in [-0.25, -0.2) is 4.98 Å². The molecular weight excluding hydrogens is 580 g/mol. The Kier molecular flexibility index (Phi) is 8.23. The van der Waals surface area contributed by atoms with Crippen LogP contribution in [0.2, 0.25) is 0 Å². The van der Waals surface area contributed by atoms with E-state index in [2.05, 4.69) is 37.4 Å². The molecule has 0 bridgehead atoms. The molecule has 2 aliphatic rings. The maximum Gasteiger partial charge on any atom is 0.249 e. The van der Waals surface area contributed by atoms with Crippen LogP contribution in [0.1, 0.15) is 43.7 Å². The van der Waals surface area contributed by atoms with E-state index in [1.807, 2.05) is 47.2 Å². The topological polar surface area (TPSA) is 142 Å². The van der Waals surface area contributed by atoms with Crippen molar-refractivity contribution in [3.63, 3.8) is 0 Å². The molecule has 7 rings (SSSR count). The summed E-state index contributed by atoms with van der Waals surface area (Å²) in [6, 6.07) is 18.9. The average molecular weight is 619 g/mol. The number of aryl methyl sites for hydroxylation is 1. The van der Waals surface area contributed by atoms with Crippen molar-refractivity contribution in [3.05, 3.63) is 72.4 Å². The van der Waals surface area contributed by atoms with Crippen LogP contribution in [-0.4, -0.2) is 74.3 Å². The molecule has 2 fully saturated rings. The second-order valence-electron chi connectivity index (χ2n) is 12.2. The Morgan fingerprint density at radius 2 is 1.74 bits per heavy atom. The van der Waals surface area contributed by atoms with Crippen molar-refractivity contribution in [3.8, 4) is 17.0 Å². The Morgan fingerprint density at radius 3 is 2.57 bits per heavy atom. The molecule has 2 saturated heterocycles. The molecule has 0 spiro atoms. The molecule has 5 heterocycles. The van der Waals surface area contributed by atoms with Crippen LogP contribution in [0.25, 0.3) is 33.2 Å². The summed E-state index contributed by atoms with van der Waals surface area (Å²) in [5, 5.41) is 23.4. The van der Waals surface area contributed by atoms with Gasteiger partial charge in [0.05, 0.1) is 16.9 Å². The van der Waals surface area contributed by atoms with E-state index in [1.54, 1.807) is 12.1 Å². The number of piperidine rings is 1. The Bertz CT molecular complexity index is 1910. The number of amides is 2. The summed E-state index contributed by atoms with van der Waals surface area (Å²) in [5.41, 5.74) is 11.4. The summed E-state index contributed by atoms with van der Waals surface area (Å²) in [4.78, 5) is 34.1. The number of rotatable bonds is 9. The van der Waals surface area contributed by atoms with Gasteiger partial charge in [-0.05, 0) is 68.1 Å². The number of hydrogen-bond donors (Lipinski definition) is 3. The van der Waals surface area contributed by atoms with Crippen molar-refractivity contribution in [1.29, 1.82) is 0 Å². The molecule has 236 valence electrons. The van der Waals surface area contributed by atoms with Crippen LogP contribution in [-0.2, 0) is 16.0 Å². The highest BCUT2D eigenvalue weighted by Gasteiger charge is 2.31. The predicted octanol–water partition coefficient (Wildman–Crippen LogP) is 4.45. The highest BCUT2D eigenvalue weighted by Crippen LogP contribution is 2.36. The zero-order valence-electron chi connectivity index (χ0n) is 25.7. The van der Waals surface area contributed by atoms with Gasteiger partial charge in [0.1, 0.15) is 17.4 Å². The Morgan fingerprint density at radius 1 is 0.935 bits per heavy atom. The number of benzene rings is 2. The number of para-hydroxylation sites is 2. The van der Waals surface area contributed by atoms with E-state index in [0.717, 1.165) is 86.0 Å². The summed E-state index contributed by atoms with van der Waals surface area (Å²) < 4.78 is 2.03. The van der Waals surface area contributed by atoms with Crippen LogP contribution in [0.15, 0.2) is 66.9 Å². The number of phenolic OH excluding ortho intramolecular Hbond substituents is 1. The monoisotopic (exact) mass is 618 g/mol. The van der Waals surface area contributed by atoms with E-state index < -0.39 is 6.04 Å². The molecule has 0 saturated carbocycles. The van der Waals surface area contributed by atoms with Gasteiger partial charge in [-0.2, -0.15) is 0 Å². The lowest BCUT2D eigenvalue weighted by Crippen LogP contribution is -2.46. The van der Waals surface area contributed by atoms with Crippen molar-refractivity contribution in [2.45, 2.75) is 44.6 Å². The number of pyridine rings is 1. The molecule has 5 aromatic rings. The van der Waals surface area contributed by atoms with E-state index in [1.165, 1.54) is 5.56 Å². The van der Waals surface area contributed by atoms with Gasteiger partial charge in [-0.1, -0.05) is 36.8 Å². The standard InChI is InChI=1S/C35H38N8O3/c36-33-29(22-26(39-40-33)24-9-4-6-12-30(24)44)42-20-18-41(19-21-42)17-7-1-2-8-23-15-16-37-34-32(23)25-10-3-5-11-27(25)43(34)28-13-14-31(45)38-35(28)46/h3-6,9-12,15-16,22,28,44H,1-2,7-8,13-14,17-21H2,(H2,36,40)(H,38,45,46). The van der Waals surface area contributed by atoms with Crippen LogP contribution < -0.4 is 16.0 Å². The molecule has 0 radical (unpaired) electrons. The second-order valence-corrected chi connectivity index (χ2v) is 12.2. The van der Waals surface area contributed by atoms with Gasteiger partial charge in [0.15, 0.2) is 5.82 Å². The number of anilines is 2. The number of nitrogen functional groups attached to an aromatic ring is 1. The molecule has 11 nitrogen and oxygen atoms in total. The minimum atomic E-state index is -0.450. The normalized spacial score (nSPS) is 17.6. The Labute approximate surface area is 267 Å². The third kappa shape index (κ3) is 5.74. The second kappa shape index (κ2) is 12.8. The summed E-state index contributed by atoms with van der Waals surface area (Å²) in [5.74, 6) is 0.0976.